The first-order chi connectivity index (χ1) is 12.8. The van der Waals surface area contributed by atoms with Gasteiger partial charge in [-0.05, 0) is 49.2 Å². The minimum atomic E-state index is -0.690. The number of nitro groups is 1. The Bertz CT molecular complexity index is 888. The standard InChI is InChI=1S/C18H17ClN2O5S/c1-11-3-5-14(7-12(11)2)27-10-18(23)26-9-17(22)20-15-8-13(19)4-6-16(15)21(24)25/h3-8H,9-10H2,1-2H3,(H,20,22). The van der Waals surface area contributed by atoms with Gasteiger partial charge in [-0.15, -0.1) is 11.8 Å². The molecule has 0 saturated carbocycles. The summed E-state index contributed by atoms with van der Waals surface area (Å²) >= 11 is 7.09. The number of rotatable bonds is 7. The summed E-state index contributed by atoms with van der Waals surface area (Å²) in [6.45, 7) is 3.44. The molecule has 27 heavy (non-hydrogen) atoms. The first-order valence-electron chi connectivity index (χ1n) is 7.85. The van der Waals surface area contributed by atoms with Gasteiger partial charge in [0.15, 0.2) is 6.61 Å². The number of aryl methyl sites for hydroxylation is 2. The summed E-state index contributed by atoms with van der Waals surface area (Å²) in [7, 11) is 0. The number of carbonyl (C=O) groups is 2. The number of nitrogens with one attached hydrogen (secondary N) is 1. The number of hydrogen-bond donors (Lipinski definition) is 1. The van der Waals surface area contributed by atoms with Crippen molar-refractivity contribution in [3.05, 3.63) is 62.7 Å². The van der Waals surface area contributed by atoms with E-state index in [0.29, 0.717) is 0 Å². The van der Waals surface area contributed by atoms with Gasteiger partial charge in [0.05, 0.1) is 10.7 Å². The fourth-order valence-electron chi connectivity index (χ4n) is 2.09. The number of nitro benzene ring substituents is 1. The molecule has 0 radical (unpaired) electrons. The lowest BCUT2D eigenvalue weighted by atomic mass is 10.1. The topological polar surface area (TPSA) is 98.5 Å². The number of amides is 1. The number of esters is 1. The Balaban J connectivity index is 1.84. The number of nitrogens with zero attached hydrogens (tertiary/aromatic N) is 1. The smallest absolute Gasteiger partial charge is 0.316 e. The summed E-state index contributed by atoms with van der Waals surface area (Å²) < 4.78 is 4.91. The van der Waals surface area contributed by atoms with Gasteiger partial charge in [0, 0.05) is 16.0 Å². The second-order valence-electron chi connectivity index (χ2n) is 5.66. The SMILES string of the molecule is Cc1ccc(SCC(=O)OCC(=O)Nc2cc(Cl)ccc2[N+](=O)[O-])cc1C. The largest absolute Gasteiger partial charge is 0.455 e. The van der Waals surface area contributed by atoms with Crippen molar-refractivity contribution >= 4 is 46.6 Å². The molecule has 0 aliphatic carbocycles. The number of halogens is 1. The van der Waals surface area contributed by atoms with Crippen molar-refractivity contribution < 1.29 is 19.2 Å². The van der Waals surface area contributed by atoms with Crippen molar-refractivity contribution in [1.29, 1.82) is 0 Å². The summed E-state index contributed by atoms with van der Waals surface area (Å²) in [5.41, 5.74) is 1.92. The highest BCUT2D eigenvalue weighted by Crippen LogP contribution is 2.27. The van der Waals surface area contributed by atoms with E-state index in [1.54, 1.807) is 0 Å². The quantitative estimate of drug-likeness (QED) is 0.320. The average Bonchev–Trinajstić information content (AvgIpc) is 2.60. The molecule has 0 heterocycles. The highest BCUT2D eigenvalue weighted by atomic mass is 35.5. The van der Waals surface area contributed by atoms with Crippen LogP contribution in [0.15, 0.2) is 41.3 Å². The number of benzene rings is 2. The third-order valence-corrected chi connectivity index (χ3v) is 4.83. The third kappa shape index (κ3) is 6.26. The van der Waals surface area contributed by atoms with Crippen molar-refractivity contribution in [2.24, 2.45) is 0 Å². The van der Waals surface area contributed by atoms with Crippen LogP contribution in [0.1, 0.15) is 11.1 Å². The van der Waals surface area contributed by atoms with E-state index in [4.69, 9.17) is 16.3 Å². The van der Waals surface area contributed by atoms with Crippen LogP contribution in [0.25, 0.3) is 0 Å². The molecule has 2 aromatic rings. The summed E-state index contributed by atoms with van der Waals surface area (Å²) in [6, 6.07) is 9.64. The molecule has 0 aromatic heterocycles. The molecule has 2 rings (SSSR count). The molecule has 0 atom stereocenters. The molecule has 9 heteroatoms. The molecule has 0 fully saturated rings. The highest BCUT2D eigenvalue weighted by Gasteiger charge is 2.17. The summed E-state index contributed by atoms with van der Waals surface area (Å²) in [4.78, 5) is 35.0. The molecule has 0 aliphatic heterocycles. The third-order valence-electron chi connectivity index (χ3n) is 3.63. The maximum Gasteiger partial charge on any atom is 0.316 e. The molecule has 0 aliphatic rings. The van der Waals surface area contributed by atoms with Crippen molar-refractivity contribution in [2.75, 3.05) is 17.7 Å². The lowest BCUT2D eigenvalue weighted by Crippen LogP contribution is -2.22. The summed E-state index contributed by atoms with van der Waals surface area (Å²) in [5.74, 6) is -1.20. The molecular formula is C18H17ClN2O5S. The zero-order chi connectivity index (χ0) is 20.0. The first kappa shape index (κ1) is 20.7. The van der Waals surface area contributed by atoms with Crippen molar-refractivity contribution in [2.45, 2.75) is 18.7 Å². The molecule has 0 bridgehead atoms. The van der Waals surface area contributed by atoms with Crippen LogP contribution in [0, 0.1) is 24.0 Å². The highest BCUT2D eigenvalue weighted by molar-refractivity contribution is 8.00. The maximum atomic E-state index is 11.9. The fourth-order valence-corrected chi connectivity index (χ4v) is 3.05. The van der Waals surface area contributed by atoms with E-state index in [2.05, 4.69) is 5.32 Å². The Kier molecular flexibility index (Phi) is 7.20. The molecular weight excluding hydrogens is 392 g/mol. The van der Waals surface area contributed by atoms with E-state index in [-0.39, 0.29) is 22.2 Å². The fraction of sp³-hybridized carbons (Fsp3) is 0.222. The molecule has 142 valence electrons. The number of hydrogen-bond acceptors (Lipinski definition) is 6. The Labute approximate surface area is 165 Å². The molecule has 0 saturated heterocycles. The minimum absolute atomic E-state index is 0.0487. The summed E-state index contributed by atoms with van der Waals surface area (Å²) in [6.07, 6.45) is 0. The van der Waals surface area contributed by atoms with E-state index < -0.39 is 23.4 Å². The predicted molar refractivity (Wildman–Crippen MR) is 104 cm³/mol. The molecule has 0 spiro atoms. The van der Waals surface area contributed by atoms with Crippen LogP contribution in [0.2, 0.25) is 5.02 Å². The van der Waals surface area contributed by atoms with E-state index >= 15 is 0 Å². The minimum Gasteiger partial charge on any atom is -0.455 e. The normalized spacial score (nSPS) is 10.3. The molecule has 7 nitrogen and oxygen atoms in total. The van der Waals surface area contributed by atoms with Gasteiger partial charge in [-0.2, -0.15) is 0 Å². The first-order valence-corrected chi connectivity index (χ1v) is 9.22. The number of ether oxygens (including phenoxy) is 1. The Morgan fingerprint density at radius 1 is 1.19 bits per heavy atom. The van der Waals surface area contributed by atoms with Crippen molar-refractivity contribution in [1.82, 2.24) is 0 Å². The number of carbonyl (C=O) groups excluding carboxylic acids is 2. The second kappa shape index (κ2) is 9.38. The maximum absolute atomic E-state index is 11.9. The molecule has 2 aromatic carbocycles. The van der Waals surface area contributed by atoms with Gasteiger partial charge in [0.1, 0.15) is 5.69 Å². The lowest BCUT2D eigenvalue weighted by Gasteiger charge is -2.08. The van der Waals surface area contributed by atoms with Crippen LogP contribution in [0.3, 0.4) is 0 Å². The van der Waals surface area contributed by atoms with Crippen LogP contribution < -0.4 is 5.32 Å². The van der Waals surface area contributed by atoms with Gasteiger partial charge in [-0.1, -0.05) is 17.7 Å². The molecule has 1 N–H and O–H groups in total. The zero-order valence-corrected chi connectivity index (χ0v) is 16.2. The monoisotopic (exact) mass is 408 g/mol. The van der Waals surface area contributed by atoms with E-state index in [9.17, 15) is 19.7 Å². The van der Waals surface area contributed by atoms with Crippen LogP contribution in [0.5, 0.6) is 0 Å². The van der Waals surface area contributed by atoms with Crippen molar-refractivity contribution in [3.63, 3.8) is 0 Å². The Morgan fingerprint density at radius 2 is 1.93 bits per heavy atom. The van der Waals surface area contributed by atoms with Crippen LogP contribution in [-0.4, -0.2) is 29.2 Å². The Hall–Kier alpha value is -2.58. The molecule has 0 unspecified atom stereocenters. The van der Waals surface area contributed by atoms with Crippen LogP contribution in [0.4, 0.5) is 11.4 Å². The Morgan fingerprint density at radius 3 is 2.59 bits per heavy atom. The lowest BCUT2D eigenvalue weighted by molar-refractivity contribution is -0.383. The van der Waals surface area contributed by atoms with E-state index in [1.807, 2.05) is 32.0 Å². The van der Waals surface area contributed by atoms with Gasteiger partial charge in [-0.3, -0.25) is 19.7 Å². The number of anilines is 1. The van der Waals surface area contributed by atoms with E-state index in [0.717, 1.165) is 16.0 Å². The van der Waals surface area contributed by atoms with Crippen LogP contribution >= 0.6 is 23.4 Å². The molecule has 1 amide bonds. The average molecular weight is 409 g/mol. The van der Waals surface area contributed by atoms with Gasteiger partial charge in [-0.25, -0.2) is 0 Å². The van der Waals surface area contributed by atoms with Gasteiger partial charge in [0.2, 0.25) is 0 Å². The number of thioether (sulfide) groups is 1. The van der Waals surface area contributed by atoms with Gasteiger partial charge in [0.25, 0.3) is 11.6 Å². The second-order valence-corrected chi connectivity index (χ2v) is 7.15. The summed E-state index contributed by atoms with van der Waals surface area (Å²) in [5, 5.41) is 13.5. The van der Waals surface area contributed by atoms with Crippen molar-refractivity contribution in [3.8, 4) is 0 Å². The van der Waals surface area contributed by atoms with Crippen LogP contribution in [-0.2, 0) is 14.3 Å². The zero-order valence-electron chi connectivity index (χ0n) is 14.7. The van der Waals surface area contributed by atoms with E-state index in [1.165, 1.54) is 30.0 Å². The predicted octanol–water partition coefficient (Wildman–Crippen LogP) is 4.14. The van der Waals surface area contributed by atoms with Gasteiger partial charge < -0.3 is 10.1 Å². The van der Waals surface area contributed by atoms with Gasteiger partial charge >= 0.3 is 5.97 Å².